The normalized spacial score (nSPS) is 41.9. The molecule has 3 nitrogen and oxygen atoms in total. The highest BCUT2D eigenvalue weighted by molar-refractivity contribution is 5.71. The summed E-state index contributed by atoms with van der Waals surface area (Å²) in [5, 5.41) is 0. The zero-order chi connectivity index (χ0) is 16.1. The van der Waals surface area contributed by atoms with E-state index < -0.39 is 5.60 Å². The molecular weight excluding hydrogens is 300 g/mol. The van der Waals surface area contributed by atoms with Gasteiger partial charge in [-0.2, -0.15) is 0 Å². The Morgan fingerprint density at radius 2 is 2.04 bits per heavy atom. The number of fused-ring (bicyclic) bond motifs is 4. The SMILES string of the molecule is O=C(CC1CC2C=CC1C2)OC1(c2ccccc2)CC2CCC1O2. The Hall–Kier alpha value is -1.61. The average Bonchev–Trinajstić information content (AvgIpc) is 3.36. The molecule has 1 aromatic rings. The van der Waals surface area contributed by atoms with Crippen LogP contribution in [0.5, 0.6) is 0 Å². The molecule has 6 unspecified atom stereocenters. The van der Waals surface area contributed by atoms with E-state index in [1.807, 2.05) is 18.2 Å². The quantitative estimate of drug-likeness (QED) is 0.621. The predicted octanol–water partition coefficient (Wildman–Crippen LogP) is 3.98. The number of benzene rings is 1. The van der Waals surface area contributed by atoms with E-state index in [4.69, 9.17) is 9.47 Å². The van der Waals surface area contributed by atoms with E-state index in [0.717, 1.165) is 31.2 Å². The number of hydrogen-bond donors (Lipinski definition) is 0. The molecule has 3 heteroatoms. The van der Waals surface area contributed by atoms with Gasteiger partial charge in [-0.05, 0) is 49.0 Å². The van der Waals surface area contributed by atoms with Crippen LogP contribution in [0.4, 0.5) is 0 Å². The van der Waals surface area contributed by atoms with Gasteiger partial charge >= 0.3 is 5.97 Å². The van der Waals surface area contributed by atoms with Crippen molar-refractivity contribution in [2.45, 2.75) is 56.3 Å². The molecule has 126 valence electrons. The molecule has 24 heavy (non-hydrogen) atoms. The van der Waals surface area contributed by atoms with Crippen molar-refractivity contribution in [1.29, 1.82) is 0 Å². The molecule has 2 aliphatic carbocycles. The first kappa shape index (κ1) is 14.7. The third kappa shape index (κ3) is 2.25. The summed E-state index contributed by atoms with van der Waals surface area (Å²) < 4.78 is 12.3. The fourth-order valence-electron chi connectivity index (χ4n) is 5.45. The topological polar surface area (TPSA) is 35.5 Å². The van der Waals surface area contributed by atoms with Crippen LogP contribution in [0.25, 0.3) is 0 Å². The van der Waals surface area contributed by atoms with E-state index in [9.17, 15) is 4.79 Å². The average molecular weight is 324 g/mol. The van der Waals surface area contributed by atoms with Gasteiger partial charge in [0, 0.05) is 12.8 Å². The van der Waals surface area contributed by atoms with Gasteiger partial charge in [0.15, 0.2) is 5.60 Å². The lowest BCUT2D eigenvalue weighted by Crippen LogP contribution is -2.42. The van der Waals surface area contributed by atoms with Crippen LogP contribution in [0, 0.1) is 17.8 Å². The molecule has 5 rings (SSSR count). The number of rotatable bonds is 4. The van der Waals surface area contributed by atoms with E-state index in [2.05, 4.69) is 24.3 Å². The summed E-state index contributed by atoms with van der Waals surface area (Å²) in [6.45, 7) is 0. The van der Waals surface area contributed by atoms with Gasteiger partial charge in [-0.1, -0.05) is 42.5 Å². The first-order valence-electron chi connectivity index (χ1n) is 9.34. The highest BCUT2D eigenvalue weighted by atomic mass is 16.6. The van der Waals surface area contributed by atoms with Crippen molar-refractivity contribution < 1.29 is 14.3 Å². The highest BCUT2D eigenvalue weighted by Gasteiger charge is 2.56. The molecule has 2 aliphatic heterocycles. The van der Waals surface area contributed by atoms with Gasteiger partial charge in [0.1, 0.15) is 6.10 Å². The Morgan fingerprint density at radius 1 is 1.17 bits per heavy atom. The molecule has 1 saturated carbocycles. The van der Waals surface area contributed by atoms with Crippen molar-refractivity contribution >= 4 is 5.97 Å². The lowest BCUT2D eigenvalue weighted by Gasteiger charge is -2.36. The second-order valence-corrected chi connectivity index (χ2v) is 8.00. The van der Waals surface area contributed by atoms with Gasteiger partial charge < -0.3 is 9.47 Å². The summed E-state index contributed by atoms with van der Waals surface area (Å²) in [4.78, 5) is 12.8. The first-order valence-corrected chi connectivity index (χ1v) is 9.34. The Morgan fingerprint density at radius 3 is 2.67 bits per heavy atom. The minimum absolute atomic E-state index is 0.0220. The fraction of sp³-hybridized carbons (Fsp3) is 0.571. The maximum Gasteiger partial charge on any atom is 0.307 e. The maximum atomic E-state index is 12.8. The van der Waals surface area contributed by atoms with Crippen LogP contribution in [-0.4, -0.2) is 18.2 Å². The molecule has 1 aromatic carbocycles. The van der Waals surface area contributed by atoms with Crippen molar-refractivity contribution in [3.63, 3.8) is 0 Å². The Balaban J connectivity index is 1.36. The van der Waals surface area contributed by atoms with Crippen molar-refractivity contribution in [2.24, 2.45) is 17.8 Å². The van der Waals surface area contributed by atoms with Crippen LogP contribution in [0.1, 0.15) is 44.1 Å². The van der Waals surface area contributed by atoms with Gasteiger partial charge in [0.05, 0.1) is 6.10 Å². The van der Waals surface area contributed by atoms with Crippen molar-refractivity contribution in [1.82, 2.24) is 0 Å². The number of carbonyl (C=O) groups excluding carboxylic acids is 1. The Kier molecular flexibility index (Phi) is 3.34. The minimum atomic E-state index is -0.561. The molecule has 0 amide bonds. The molecule has 3 fully saturated rings. The number of esters is 1. The highest BCUT2D eigenvalue weighted by Crippen LogP contribution is 2.51. The van der Waals surface area contributed by atoms with E-state index in [1.54, 1.807) is 0 Å². The summed E-state index contributed by atoms with van der Waals surface area (Å²) >= 11 is 0. The molecule has 4 aliphatic rings. The van der Waals surface area contributed by atoms with Gasteiger partial charge in [-0.3, -0.25) is 4.79 Å². The molecule has 0 radical (unpaired) electrons. The van der Waals surface area contributed by atoms with Gasteiger partial charge in [0.2, 0.25) is 0 Å². The number of hydrogen-bond acceptors (Lipinski definition) is 3. The Labute approximate surface area is 143 Å². The molecule has 2 heterocycles. The largest absolute Gasteiger partial charge is 0.451 e. The third-order valence-electron chi connectivity index (χ3n) is 6.56. The van der Waals surface area contributed by atoms with E-state index in [0.29, 0.717) is 24.2 Å². The summed E-state index contributed by atoms with van der Waals surface area (Å²) in [6, 6.07) is 10.2. The first-order chi connectivity index (χ1) is 11.7. The molecule has 0 N–H and O–H groups in total. The van der Waals surface area contributed by atoms with Crippen LogP contribution in [0.3, 0.4) is 0 Å². The van der Waals surface area contributed by atoms with Gasteiger partial charge in [-0.25, -0.2) is 0 Å². The number of ether oxygens (including phenoxy) is 2. The van der Waals surface area contributed by atoms with Crippen LogP contribution in [-0.2, 0) is 19.9 Å². The third-order valence-corrected chi connectivity index (χ3v) is 6.56. The standard InChI is InChI=1S/C21H24O3/c22-20(12-16-11-14-6-7-15(16)10-14)24-21(17-4-2-1-3-5-17)13-18-8-9-19(21)23-18/h1-7,14-16,18-19H,8-13H2. The van der Waals surface area contributed by atoms with Crippen molar-refractivity contribution in [2.75, 3.05) is 0 Å². The molecule has 0 spiro atoms. The lowest BCUT2D eigenvalue weighted by atomic mass is 9.79. The second kappa shape index (κ2) is 5.45. The van der Waals surface area contributed by atoms with Crippen molar-refractivity contribution in [3.8, 4) is 0 Å². The smallest absolute Gasteiger partial charge is 0.307 e. The fourth-order valence-corrected chi connectivity index (χ4v) is 5.45. The van der Waals surface area contributed by atoms with Crippen LogP contribution in [0.2, 0.25) is 0 Å². The zero-order valence-corrected chi connectivity index (χ0v) is 13.9. The zero-order valence-electron chi connectivity index (χ0n) is 13.9. The van der Waals surface area contributed by atoms with E-state index >= 15 is 0 Å². The van der Waals surface area contributed by atoms with Crippen LogP contribution >= 0.6 is 0 Å². The maximum absolute atomic E-state index is 12.8. The molecule has 0 aromatic heterocycles. The van der Waals surface area contributed by atoms with E-state index in [-0.39, 0.29) is 18.2 Å². The summed E-state index contributed by atoms with van der Waals surface area (Å²) in [7, 11) is 0. The van der Waals surface area contributed by atoms with Gasteiger partial charge in [0.25, 0.3) is 0 Å². The molecule has 4 bridgehead atoms. The summed E-state index contributed by atoms with van der Waals surface area (Å²) in [5.74, 6) is 1.72. The number of carbonyl (C=O) groups is 1. The van der Waals surface area contributed by atoms with E-state index in [1.165, 1.54) is 6.42 Å². The summed E-state index contributed by atoms with van der Waals surface area (Å²) in [5.41, 5.74) is 0.535. The van der Waals surface area contributed by atoms with Crippen LogP contribution in [0.15, 0.2) is 42.5 Å². The predicted molar refractivity (Wildman–Crippen MR) is 90.2 cm³/mol. The Bertz CT molecular complexity index is 667. The molecule has 2 saturated heterocycles. The van der Waals surface area contributed by atoms with Crippen molar-refractivity contribution in [3.05, 3.63) is 48.0 Å². The number of allylic oxidation sites excluding steroid dienone is 2. The molecular formula is C21H24O3. The second-order valence-electron chi connectivity index (χ2n) is 8.00. The molecule has 6 atom stereocenters. The van der Waals surface area contributed by atoms with Crippen LogP contribution < -0.4 is 0 Å². The lowest BCUT2D eigenvalue weighted by molar-refractivity contribution is -0.169. The minimum Gasteiger partial charge on any atom is -0.451 e. The summed E-state index contributed by atoms with van der Waals surface area (Å²) in [6.07, 6.45) is 10.7. The van der Waals surface area contributed by atoms with Gasteiger partial charge in [-0.15, -0.1) is 0 Å². The monoisotopic (exact) mass is 324 g/mol.